The number of nitrogens with zero attached hydrogens (tertiary/aromatic N) is 1. The van der Waals surface area contributed by atoms with Gasteiger partial charge in [0.2, 0.25) is 0 Å². The number of benzene rings is 1. The second-order valence-electron chi connectivity index (χ2n) is 3.67. The van der Waals surface area contributed by atoms with Gasteiger partial charge in [-0.05, 0) is 24.6 Å². The largest absolute Gasteiger partial charge is 0.478 e. The van der Waals surface area contributed by atoms with Gasteiger partial charge in [0.15, 0.2) is 0 Å². The first-order chi connectivity index (χ1) is 7.68. The number of carbonyl (C=O) groups is 1. The van der Waals surface area contributed by atoms with Gasteiger partial charge in [0.1, 0.15) is 0 Å². The Kier molecular flexibility index (Phi) is 3.29. The molecule has 1 aliphatic rings. The minimum absolute atomic E-state index is 0.352. The van der Waals surface area contributed by atoms with Crippen molar-refractivity contribution < 1.29 is 9.90 Å². The molecule has 84 valence electrons. The molecule has 1 aromatic rings. The highest BCUT2D eigenvalue weighted by molar-refractivity contribution is 9.10. The molecule has 1 N–H and O–H groups in total. The number of carboxylic acids is 1. The van der Waals surface area contributed by atoms with Gasteiger partial charge in [-0.15, -0.1) is 0 Å². The molecule has 0 amide bonds. The molecule has 0 aliphatic carbocycles. The van der Waals surface area contributed by atoms with E-state index in [0.717, 1.165) is 29.7 Å². The molecule has 1 heterocycles. The van der Waals surface area contributed by atoms with Crippen molar-refractivity contribution in [1.29, 1.82) is 0 Å². The monoisotopic (exact) mass is 281 g/mol. The summed E-state index contributed by atoms with van der Waals surface area (Å²) in [5, 5.41) is 9.16. The first-order valence-corrected chi connectivity index (χ1v) is 5.90. The lowest BCUT2D eigenvalue weighted by Gasteiger charge is -2.27. The summed E-state index contributed by atoms with van der Waals surface area (Å²) in [5.74, 6) is -0.883. The Balaban J connectivity index is 2.39. The summed E-state index contributed by atoms with van der Waals surface area (Å²) in [6.45, 7) is 1.65. The topological polar surface area (TPSA) is 40.5 Å². The lowest BCUT2D eigenvalue weighted by molar-refractivity contribution is 0.0697. The molecular weight excluding hydrogens is 270 g/mol. The van der Waals surface area contributed by atoms with Crippen LogP contribution in [-0.2, 0) is 0 Å². The van der Waals surface area contributed by atoms with Gasteiger partial charge in [0, 0.05) is 17.6 Å². The highest BCUT2D eigenvalue weighted by atomic mass is 79.9. The second kappa shape index (κ2) is 4.70. The van der Waals surface area contributed by atoms with E-state index >= 15 is 0 Å². The van der Waals surface area contributed by atoms with Crippen LogP contribution < -0.4 is 4.90 Å². The number of hydrogen-bond donors (Lipinski definition) is 1. The molecule has 0 aromatic heterocycles. The summed E-state index contributed by atoms with van der Waals surface area (Å²) in [6, 6.07) is 5.38. The number of carboxylic acid groups (broad SMARTS) is 1. The van der Waals surface area contributed by atoms with Crippen molar-refractivity contribution in [2.45, 2.75) is 6.42 Å². The number of hydrogen-bond acceptors (Lipinski definition) is 2. The zero-order chi connectivity index (χ0) is 11.5. The molecule has 0 bridgehead atoms. The summed E-state index contributed by atoms with van der Waals surface area (Å²) in [4.78, 5) is 13.2. The first-order valence-electron chi connectivity index (χ1n) is 5.11. The number of anilines is 1. The van der Waals surface area contributed by atoms with Gasteiger partial charge in [-0.1, -0.05) is 28.1 Å². The third-order valence-electron chi connectivity index (χ3n) is 2.59. The average molecular weight is 282 g/mol. The Morgan fingerprint density at radius 2 is 2.19 bits per heavy atom. The molecule has 0 atom stereocenters. The van der Waals surface area contributed by atoms with Crippen molar-refractivity contribution in [2.24, 2.45) is 0 Å². The molecule has 0 saturated heterocycles. The second-order valence-corrected chi connectivity index (χ2v) is 4.59. The van der Waals surface area contributed by atoms with E-state index in [4.69, 9.17) is 5.11 Å². The quantitative estimate of drug-likeness (QED) is 0.848. The van der Waals surface area contributed by atoms with Crippen LogP contribution in [0.3, 0.4) is 0 Å². The summed E-state index contributed by atoms with van der Waals surface area (Å²) in [5.41, 5.74) is 1.14. The van der Waals surface area contributed by atoms with E-state index in [0.29, 0.717) is 5.56 Å². The van der Waals surface area contributed by atoms with Gasteiger partial charge in [-0.25, -0.2) is 4.79 Å². The molecule has 2 rings (SSSR count). The van der Waals surface area contributed by atoms with Crippen LogP contribution in [0.2, 0.25) is 0 Å². The maximum atomic E-state index is 11.2. The molecule has 1 aromatic carbocycles. The maximum absolute atomic E-state index is 11.2. The number of rotatable bonds is 2. The van der Waals surface area contributed by atoms with Crippen LogP contribution in [0.25, 0.3) is 0 Å². The first kappa shape index (κ1) is 11.2. The highest BCUT2D eigenvalue weighted by Gasteiger charge is 2.16. The fraction of sp³-hybridized carbons (Fsp3) is 0.250. The summed E-state index contributed by atoms with van der Waals surface area (Å²) >= 11 is 3.29. The van der Waals surface area contributed by atoms with Crippen LogP contribution in [0.15, 0.2) is 34.8 Å². The SMILES string of the molecule is O=C(O)c1cc(Br)ccc1N1CC=CCC1. The van der Waals surface area contributed by atoms with Crippen molar-refractivity contribution in [3.05, 3.63) is 40.4 Å². The van der Waals surface area contributed by atoms with Crippen LogP contribution in [0.1, 0.15) is 16.8 Å². The van der Waals surface area contributed by atoms with E-state index in [1.807, 2.05) is 12.1 Å². The van der Waals surface area contributed by atoms with Crippen molar-refractivity contribution in [3.8, 4) is 0 Å². The van der Waals surface area contributed by atoms with Crippen molar-refractivity contribution in [3.63, 3.8) is 0 Å². The van der Waals surface area contributed by atoms with Gasteiger partial charge in [0.25, 0.3) is 0 Å². The molecule has 4 heteroatoms. The third kappa shape index (κ3) is 2.27. The van der Waals surface area contributed by atoms with Crippen LogP contribution >= 0.6 is 15.9 Å². The van der Waals surface area contributed by atoms with E-state index in [9.17, 15) is 4.79 Å². The highest BCUT2D eigenvalue weighted by Crippen LogP contribution is 2.25. The van der Waals surface area contributed by atoms with Crippen LogP contribution in [0, 0.1) is 0 Å². The molecular formula is C12H12BrNO2. The molecule has 0 saturated carbocycles. The van der Waals surface area contributed by atoms with Crippen LogP contribution in [0.4, 0.5) is 5.69 Å². The summed E-state index contributed by atoms with van der Waals surface area (Å²) in [6.07, 6.45) is 5.15. The molecule has 3 nitrogen and oxygen atoms in total. The average Bonchev–Trinajstić information content (AvgIpc) is 2.30. The van der Waals surface area contributed by atoms with Crippen LogP contribution in [-0.4, -0.2) is 24.2 Å². The Labute approximate surface area is 103 Å². The van der Waals surface area contributed by atoms with Gasteiger partial charge >= 0.3 is 5.97 Å². The molecule has 0 radical (unpaired) electrons. The van der Waals surface area contributed by atoms with E-state index in [-0.39, 0.29) is 0 Å². The summed E-state index contributed by atoms with van der Waals surface area (Å²) < 4.78 is 0.793. The molecule has 16 heavy (non-hydrogen) atoms. The Bertz CT molecular complexity index is 443. The fourth-order valence-electron chi connectivity index (χ4n) is 1.82. The van der Waals surface area contributed by atoms with Gasteiger partial charge in [-0.3, -0.25) is 0 Å². The minimum atomic E-state index is -0.883. The van der Waals surface area contributed by atoms with Crippen molar-refractivity contribution in [1.82, 2.24) is 0 Å². The molecule has 0 spiro atoms. The normalized spacial score (nSPS) is 15.2. The fourth-order valence-corrected chi connectivity index (χ4v) is 2.18. The maximum Gasteiger partial charge on any atom is 0.337 e. The lowest BCUT2D eigenvalue weighted by atomic mass is 10.1. The van der Waals surface area contributed by atoms with E-state index in [1.165, 1.54) is 0 Å². The Hall–Kier alpha value is -1.29. The molecule has 0 unspecified atom stereocenters. The third-order valence-corrected chi connectivity index (χ3v) is 3.08. The Morgan fingerprint density at radius 1 is 1.38 bits per heavy atom. The van der Waals surface area contributed by atoms with E-state index in [1.54, 1.807) is 6.07 Å². The number of halogens is 1. The molecule has 1 aliphatic heterocycles. The lowest BCUT2D eigenvalue weighted by Crippen LogP contribution is -2.28. The Morgan fingerprint density at radius 3 is 2.81 bits per heavy atom. The van der Waals surface area contributed by atoms with E-state index in [2.05, 4.69) is 33.0 Å². The van der Waals surface area contributed by atoms with Crippen molar-refractivity contribution in [2.75, 3.05) is 18.0 Å². The van der Waals surface area contributed by atoms with Gasteiger partial charge in [0.05, 0.1) is 11.3 Å². The minimum Gasteiger partial charge on any atom is -0.478 e. The van der Waals surface area contributed by atoms with E-state index < -0.39 is 5.97 Å². The standard InChI is InChI=1S/C12H12BrNO2/c13-9-4-5-11(10(8-9)12(15)16)14-6-2-1-3-7-14/h1-2,4-5,8H,3,6-7H2,(H,15,16). The number of aromatic carboxylic acids is 1. The summed E-state index contributed by atoms with van der Waals surface area (Å²) in [7, 11) is 0. The predicted molar refractivity (Wildman–Crippen MR) is 67.1 cm³/mol. The predicted octanol–water partition coefficient (Wildman–Crippen LogP) is 2.91. The molecule has 0 fully saturated rings. The zero-order valence-corrected chi connectivity index (χ0v) is 10.3. The van der Waals surface area contributed by atoms with Crippen molar-refractivity contribution >= 4 is 27.6 Å². The van der Waals surface area contributed by atoms with Crippen LogP contribution in [0.5, 0.6) is 0 Å². The van der Waals surface area contributed by atoms with Gasteiger partial charge < -0.3 is 10.0 Å². The zero-order valence-electron chi connectivity index (χ0n) is 8.69. The smallest absolute Gasteiger partial charge is 0.337 e. The van der Waals surface area contributed by atoms with Gasteiger partial charge in [-0.2, -0.15) is 0 Å².